The molecule has 1 aromatic rings. The van der Waals surface area contributed by atoms with E-state index >= 15 is 0 Å². The molecule has 88 valence electrons. The van der Waals surface area contributed by atoms with Crippen molar-refractivity contribution in [3.8, 4) is 0 Å². The Bertz CT molecular complexity index is 334. The summed E-state index contributed by atoms with van der Waals surface area (Å²) in [7, 11) is 0. The van der Waals surface area contributed by atoms with E-state index in [0.717, 1.165) is 5.92 Å². The number of hydrogen-bond donors (Lipinski definition) is 0. The summed E-state index contributed by atoms with van der Waals surface area (Å²) in [6.07, 6.45) is 4.46. The molecule has 0 aromatic carbocycles. The van der Waals surface area contributed by atoms with Gasteiger partial charge in [-0.15, -0.1) is 0 Å². The van der Waals surface area contributed by atoms with Crippen LogP contribution in [0, 0.1) is 5.92 Å². The predicted molar refractivity (Wildman–Crippen MR) is 67.6 cm³/mol. The molecule has 1 saturated heterocycles. The summed E-state index contributed by atoms with van der Waals surface area (Å²) in [5.74, 6) is 0.723. The lowest BCUT2D eigenvalue weighted by Crippen LogP contribution is -2.27. The summed E-state index contributed by atoms with van der Waals surface area (Å²) < 4.78 is 0. The maximum atomic E-state index is 5.81. The predicted octanol–water partition coefficient (Wildman–Crippen LogP) is 3.53. The van der Waals surface area contributed by atoms with Crippen LogP contribution in [0.2, 0.25) is 5.15 Å². The fourth-order valence-electron chi connectivity index (χ4n) is 2.48. The molecule has 2 rings (SSSR count). The van der Waals surface area contributed by atoms with Crippen LogP contribution in [0.1, 0.15) is 38.3 Å². The molecule has 0 radical (unpaired) electrons. The number of pyridine rings is 1. The molecule has 1 atom stereocenters. The van der Waals surface area contributed by atoms with Crippen LogP contribution in [-0.4, -0.2) is 23.0 Å². The van der Waals surface area contributed by atoms with Crippen molar-refractivity contribution < 1.29 is 0 Å². The Labute approximate surface area is 103 Å². The maximum Gasteiger partial charge on any atom is 0.129 e. The zero-order valence-electron chi connectivity index (χ0n) is 9.99. The first-order valence-electron chi connectivity index (χ1n) is 6.02. The van der Waals surface area contributed by atoms with Crippen LogP contribution in [0.4, 0.5) is 0 Å². The molecule has 0 amide bonds. The van der Waals surface area contributed by atoms with Crippen molar-refractivity contribution >= 4 is 11.6 Å². The summed E-state index contributed by atoms with van der Waals surface area (Å²) in [5, 5.41) is 0.581. The van der Waals surface area contributed by atoms with Crippen molar-refractivity contribution in [3.05, 3.63) is 29.0 Å². The lowest BCUT2D eigenvalue weighted by Gasteiger charge is -2.26. The second-order valence-electron chi connectivity index (χ2n) is 4.96. The van der Waals surface area contributed by atoms with Gasteiger partial charge in [0, 0.05) is 18.8 Å². The molecular weight excluding hydrogens is 220 g/mol. The molecule has 0 N–H and O–H groups in total. The van der Waals surface area contributed by atoms with E-state index < -0.39 is 0 Å². The molecule has 16 heavy (non-hydrogen) atoms. The first kappa shape index (κ1) is 11.9. The minimum Gasteiger partial charge on any atom is -0.296 e. The molecule has 1 fully saturated rings. The van der Waals surface area contributed by atoms with E-state index in [-0.39, 0.29) is 0 Å². The Hall–Kier alpha value is -0.600. The largest absolute Gasteiger partial charge is 0.296 e. The van der Waals surface area contributed by atoms with Gasteiger partial charge in [0.2, 0.25) is 0 Å². The zero-order chi connectivity index (χ0) is 11.5. The molecule has 0 saturated carbocycles. The fraction of sp³-hybridized carbons (Fsp3) is 0.615. The highest BCUT2D eigenvalue weighted by molar-refractivity contribution is 6.29. The molecule has 0 aliphatic carbocycles. The number of hydrogen-bond acceptors (Lipinski definition) is 2. The normalized spacial score (nSPS) is 21.9. The first-order chi connectivity index (χ1) is 7.66. The molecule has 1 unspecified atom stereocenters. The Morgan fingerprint density at radius 2 is 2.31 bits per heavy atom. The molecule has 1 aliphatic heterocycles. The van der Waals surface area contributed by atoms with Crippen LogP contribution in [0.3, 0.4) is 0 Å². The van der Waals surface area contributed by atoms with Gasteiger partial charge in [-0.2, -0.15) is 0 Å². The topological polar surface area (TPSA) is 16.1 Å². The summed E-state index contributed by atoms with van der Waals surface area (Å²) in [6.45, 7) is 6.93. The Morgan fingerprint density at radius 3 is 2.94 bits per heavy atom. The van der Waals surface area contributed by atoms with Gasteiger partial charge in [0.25, 0.3) is 0 Å². The summed E-state index contributed by atoms with van der Waals surface area (Å²) in [5.41, 5.74) is 1.31. The van der Waals surface area contributed by atoms with E-state index in [0.29, 0.717) is 11.2 Å². The number of aromatic nitrogens is 1. The van der Waals surface area contributed by atoms with Gasteiger partial charge in [-0.25, -0.2) is 4.98 Å². The smallest absolute Gasteiger partial charge is 0.129 e. The summed E-state index contributed by atoms with van der Waals surface area (Å²) in [4.78, 5) is 6.74. The standard InChI is InChI=1S/C13H19ClN2/c1-10(2)9-16-7-3-4-12(16)11-5-6-13(14)15-8-11/h5-6,8,10,12H,3-4,7,9H2,1-2H3. The van der Waals surface area contributed by atoms with E-state index in [2.05, 4.69) is 29.8 Å². The van der Waals surface area contributed by atoms with Gasteiger partial charge < -0.3 is 0 Å². The van der Waals surface area contributed by atoms with E-state index in [9.17, 15) is 0 Å². The Kier molecular flexibility index (Phi) is 3.82. The summed E-state index contributed by atoms with van der Waals surface area (Å²) in [6, 6.07) is 4.55. The van der Waals surface area contributed by atoms with E-state index in [1.807, 2.05) is 12.3 Å². The average Bonchev–Trinajstić information content (AvgIpc) is 2.66. The van der Waals surface area contributed by atoms with Gasteiger partial charge in [0.1, 0.15) is 5.15 Å². The van der Waals surface area contributed by atoms with Crippen molar-refractivity contribution in [2.45, 2.75) is 32.7 Å². The lowest BCUT2D eigenvalue weighted by molar-refractivity contribution is 0.228. The lowest BCUT2D eigenvalue weighted by atomic mass is 10.1. The van der Waals surface area contributed by atoms with Gasteiger partial charge in [0.05, 0.1) is 0 Å². The Morgan fingerprint density at radius 1 is 1.50 bits per heavy atom. The van der Waals surface area contributed by atoms with Crippen LogP contribution in [-0.2, 0) is 0 Å². The van der Waals surface area contributed by atoms with Crippen LogP contribution in [0.5, 0.6) is 0 Å². The van der Waals surface area contributed by atoms with Crippen LogP contribution >= 0.6 is 11.6 Å². The number of nitrogens with zero attached hydrogens (tertiary/aromatic N) is 2. The van der Waals surface area contributed by atoms with Gasteiger partial charge in [-0.1, -0.05) is 31.5 Å². The third-order valence-corrected chi connectivity index (χ3v) is 3.32. The molecule has 0 bridgehead atoms. The van der Waals surface area contributed by atoms with Crippen molar-refractivity contribution in [2.24, 2.45) is 5.92 Å². The molecule has 3 heteroatoms. The fourth-order valence-corrected chi connectivity index (χ4v) is 2.59. The van der Waals surface area contributed by atoms with Crippen molar-refractivity contribution in [2.75, 3.05) is 13.1 Å². The molecule has 2 nitrogen and oxygen atoms in total. The highest BCUT2D eigenvalue weighted by atomic mass is 35.5. The zero-order valence-corrected chi connectivity index (χ0v) is 10.7. The van der Waals surface area contributed by atoms with Crippen LogP contribution < -0.4 is 0 Å². The maximum absolute atomic E-state index is 5.81. The third-order valence-electron chi connectivity index (χ3n) is 3.10. The van der Waals surface area contributed by atoms with Crippen molar-refractivity contribution in [3.63, 3.8) is 0 Å². The highest BCUT2D eigenvalue weighted by Crippen LogP contribution is 2.32. The highest BCUT2D eigenvalue weighted by Gasteiger charge is 2.26. The van der Waals surface area contributed by atoms with E-state index in [4.69, 9.17) is 11.6 Å². The Balaban J connectivity index is 2.10. The van der Waals surface area contributed by atoms with Crippen molar-refractivity contribution in [1.82, 2.24) is 9.88 Å². The van der Waals surface area contributed by atoms with Gasteiger partial charge in [-0.3, -0.25) is 4.90 Å². The van der Waals surface area contributed by atoms with Gasteiger partial charge in [0.15, 0.2) is 0 Å². The first-order valence-corrected chi connectivity index (χ1v) is 6.40. The number of likely N-dealkylation sites (tertiary alicyclic amines) is 1. The minimum absolute atomic E-state index is 0.548. The molecule has 1 aliphatic rings. The van der Waals surface area contributed by atoms with Gasteiger partial charge in [-0.05, 0) is 36.9 Å². The molecular formula is C13H19ClN2. The van der Waals surface area contributed by atoms with Gasteiger partial charge >= 0.3 is 0 Å². The number of halogens is 1. The average molecular weight is 239 g/mol. The second-order valence-corrected chi connectivity index (χ2v) is 5.35. The molecule has 0 spiro atoms. The second kappa shape index (κ2) is 5.15. The quantitative estimate of drug-likeness (QED) is 0.749. The van der Waals surface area contributed by atoms with E-state index in [1.54, 1.807) is 0 Å². The SMILES string of the molecule is CC(C)CN1CCCC1c1ccc(Cl)nc1. The molecule has 2 heterocycles. The number of rotatable bonds is 3. The van der Waals surface area contributed by atoms with Crippen LogP contribution in [0.15, 0.2) is 18.3 Å². The summed E-state index contributed by atoms with van der Waals surface area (Å²) >= 11 is 5.81. The molecule has 1 aromatic heterocycles. The van der Waals surface area contributed by atoms with Crippen molar-refractivity contribution in [1.29, 1.82) is 0 Å². The van der Waals surface area contributed by atoms with Crippen LogP contribution in [0.25, 0.3) is 0 Å². The minimum atomic E-state index is 0.548. The third kappa shape index (κ3) is 2.74. The monoisotopic (exact) mass is 238 g/mol. The van der Waals surface area contributed by atoms with E-state index in [1.165, 1.54) is 31.5 Å².